The van der Waals surface area contributed by atoms with E-state index in [2.05, 4.69) is 12.1 Å². The molecule has 6 nitrogen and oxygen atoms in total. The first-order valence-corrected chi connectivity index (χ1v) is 9.70. The molecule has 0 aliphatic carbocycles. The molecule has 1 aromatic carbocycles. The molecule has 1 heterocycles. The second-order valence-electron chi connectivity index (χ2n) is 7.54. The minimum absolute atomic E-state index is 0.0887. The van der Waals surface area contributed by atoms with Crippen molar-refractivity contribution in [3.8, 4) is 5.75 Å². The Bertz CT molecular complexity index is 732. The summed E-state index contributed by atoms with van der Waals surface area (Å²) in [6.45, 7) is 9.66. The SMILES string of the molecule is CCCCOC1CON=C1c1cc(Cl)c(F)cc1O[C@@H](C)C(=O)OC(C)(C)C. The number of unbranched alkanes of at least 4 members (excludes halogenated alkanes) is 1. The topological polar surface area (TPSA) is 66.3 Å². The van der Waals surface area contributed by atoms with Crippen LogP contribution >= 0.6 is 11.6 Å². The van der Waals surface area contributed by atoms with Gasteiger partial charge in [0.25, 0.3) is 0 Å². The van der Waals surface area contributed by atoms with Gasteiger partial charge in [-0.25, -0.2) is 9.18 Å². The number of halogens is 2. The van der Waals surface area contributed by atoms with Gasteiger partial charge in [0, 0.05) is 18.2 Å². The first-order chi connectivity index (χ1) is 13.1. The third-order valence-corrected chi connectivity index (χ3v) is 4.14. The summed E-state index contributed by atoms with van der Waals surface area (Å²) in [5, 5.41) is 3.93. The van der Waals surface area contributed by atoms with Gasteiger partial charge < -0.3 is 19.0 Å². The fourth-order valence-electron chi connectivity index (χ4n) is 2.48. The van der Waals surface area contributed by atoms with E-state index in [0.717, 1.165) is 18.9 Å². The highest BCUT2D eigenvalue weighted by Crippen LogP contribution is 2.31. The second-order valence-corrected chi connectivity index (χ2v) is 7.95. The van der Waals surface area contributed by atoms with Gasteiger partial charge in [-0.05, 0) is 40.2 Å². The van der Waals surface area contributed by atoms with Crippen LogP contribution in [0.3, 0.4) is 0 Å². The van der Waals surface area contributed by atoms with Crippen LogP contribution in [0.15, 0.2) is 17.3 Å². The minimum Gasteiger partial charge on any atom is -0.478 e. The number of oxime groups is 1. The van der Waals surface area contributed by atoms with Crippen LogP contribution in [0.2, 0.25) is 5.02 Å². The Morgan fingerprint density at radius 1 is 1.43 bits per heavy atom. The first kappa shape index (κ1) is 22.4. The van der Waals surface area contributed by atoms with E-state index in [1.165, 1.54) is 13.0 Å². The number of rotatable bonds is 8. The summed E-state index contributed by atoms with van der Waals surface area (Å²) in [5.41, 5.74) is 0.204. The summed E-state index contributed by atoms with van der Waals surface area (Å²) in [4.78, 5) is 17.4. The molecule has 156 valence electrons. The van der Waals surface area contributed by atoms with Gasteiger partial charge in [0.2, 0.25) is 0 Å². The van der Waals surface area contributed by atoms with Gasteiger partial charge in [0.15, 0.2) is 6.10 Å². The highest BCUT2D eigenvalue weighted by atomic mass is 35.5. The van der Waals surface area contributed by atoms with Crippen molar-refractivity contribution < 1.29 is 28.2 Å². The number of ether oxygens (including phenoxy) is 3. The zero-order valence-corrected chi connectivity index (χ0v) is 17.6. The zero-order chi connectivity index (χ0) is 20.9. The molecule has 2 atom stereocenters. The number of nitrogens with zero attached hydrogens (tertiary/aromatic N) is 1. The molecule has 1 aliphatic rings. The lowest BCUT2D eigenvalue weighted by molar-refractivity contribution is -0.162. The van der Waals surface area contributed by atoms with Crippen molar-refractivity contribution in [3.63, 3.8) is 0 Å². The largest absolute Gasteiger partial charge is 0.478 e. The molecule has 1 aliphatic heterocycles. The van der Waals surface area contributed by atoms with E-state index < -0.39 is 29.6 Å². The summed E-state index contributed by atoms with van der Waals surface area (Å²) in [6, 6.07) is 2.53. The molecule has 1 aromatic rings. The molecule has 1 unspecified atom stereocenters. The highest BCUT2D eigenvalue weighted by Gasteiger charge is 2.31. The van der Waals surface area contributed by atoms with Crippen LogP contribution in [0.5, 0.6) is 5.75 Å². The smallest absolute Gasteiger partial charge is 0.347 e. The molecule has 28 heavy (non-hydrogen) atoms. The Morgan fingerprint density at radius 3 is 2.79 bits per heavy atom. The number of carbonyl (C=O) groups is 1. The minimum atomic E-state index is -0.957. The fourth-order valence-corrected chi connectivity index (χ4v) is 2.65. The third kappa shape index (κ3) is 6.07. The van der Waals surface area contributed by atoms with Gasteiger partial charge in [-0.3, -0.25) is 0 Å². The molecular weight excluding hydrogens is 389 g/mol. The van der Waals surface area contributed by atoms with Crippen molar-refractivity contribution in [2.75, 3.05) is 13.2 Å². The fraction of sp³-hybridized carbons (Fsp3) is 0.600. The van der Waals surface area contributed by atoms with Crippen LogP contribution in [-0.4, -0.2) is 42.7 Å². The Morgan fingerprint density at radius 2 is 2.14 bits per heavy atom. The Hall–Kier alpha value is -1.86. The maximum Gasteiger partial charge on any atom is 0.347 e. The maximum absolute atomic E-state index is 14.1. The van der Waals surface area contributed by atoms with Crippen LogP contribution < -0.4 is 4.74 Å². The molecule has 0 saturated heterocycles. The monoisotopic (exact) mass is 415 g/mol. The number of carbonyl (C=O) groups excluding carboxylic acids is 1. The molecule has 0 saturated carbocycles. The van der Waals surface area contributed by atoms with E-state index in [1.807, 2.05) is 0 Å². The van der Waals surface area contributed by atoms with Crippen molar-refractivity contribution in [2.45, 2.75) is 65.3 Å². The number of hydrogen-bond donors (Lipinski definition) is 0. The molecule has 8 heteroatoms. The molecular formula is C20H27ClFNO5. The summed E-state index contributed by atoms with van der Waals surface area (Å²) in [6.07, 6.45) is 0.505. The average molecular weight is 416 g/mol. The van der Waals surface area contributed by atoms with E-state index in [0.29, 0.717) is 17.9 Å². The molecule has 0 aromatic heterocycles. The molecule has 0 amide bonds. The average Bonchev–Trinajstić information content (AvgIpc) is 3.05. The summed E-state index contributed by atoms with van der Waals surface area (Å²) >= 11 is 5.97. The standard InChI is InChI=1S/C20H27ClFNO5/c1-6-7-8-25-17-11-26-23-18(17)13-9-14(21)15(22)10-16(13)27-12(2)19(24)28-20(3,4)5/h9-10,12,17H,6-8,11H2,1-5H3/t12-,17?/m0/s1. The lowest BCUT2D eigenvalue weighted by atomic mass is 10.0. The van der Waals surface area contributed by atoms with Crippen LogP contribution in [-0.2, 0) is 19.1 Å². The van der Waals surface area contributed by atoms with Crippen LogP contribution in [0.25, 0.3) is 0 Å². The quantitative estimate of drug-likeness (QED) is 0.461. The van der Waals surface area contributed by atoms with Crippen LogP contribution in [0, 0.1) is 5.82 Å². The Labute approximate surface area is 169 Å². The van der Waals surface area contributed by atoms with Crippen molar-refractivity contribution in [1.29, 1.82) is 0 Å². The van der Waals surface area contributed by atoms with Crippen molar-refractivity contribution in [2.24, 2.45) is 5.16 Å². The summed E-state index contributed by atoms with van der Waals surface area (Å²) in [7, 11) is 0. The van der Waals surface area contributed by atoms with Gasteiger partial charge >= 0.3 is 5.97 Å². The first-order valence-electron chi connectivity index (χ1n) is 9.32. The molecule has 0 N–H and O–H groups in total. The van der Waals surface area contributed by atoms with Gasteiger partial charge in [0.05, 0.1) is 5.02 Å². The number of hydrogen-bond acceptors (Lipinski definition) is 6. The Kier molecular flexibility index (Phi) is 7.66. The molecule has 0 bridgehead atoms. The van der Waals surface area contributed by atoms with Crippen molar-refractivity contribution in [3.05, 3.63) is 28.5 Å². The van der Waals surface area contributed by atoms with E-state index in [4.69, 9.17) is 30.6 Å². The predicted molar refractivity (Wildman–Crippen MR) is 104 cm³/mol. The number of benzene rings is 1. The van der Waals surface area contributed by atoms with E-state index in [9.17, 15) is 9.18 Å². The van der Waals surface area contributed by atoms with Crippen molar-refractivity contribution >= 4 is 23.3 Å². The maximum atomic E-state index is 14.1. The molecule has 0 spiro atoms. The van der Waals surface area contributed by atoms with Gasteiger partial charge in [-0.2, -0.15) is 0 Å². The Balaban J connectivity index is 2.25. The molecule has 2 rings (SSSR count). The lowest BCUT2D eigenvalue weighted by Crippen LogP contribution is -2.34. The van der Waals surface area contributed by atoms with Gasteiger partial charge in [-0.1, -0.05) is 30.1 Å². The normalized spacial score (nSPS) is 17.7. The summed E-state index contributed by atoms with van der Waals surface area (Å²) in [5.74, 6) is -1.11. The van der Waals surface area contributed by atoms with Gasteiger partial charge in [-0.15, -0.1) is 0 Å². The second kappa shape index (κ2) is 9.56. The molecule has 0 fully saturated rings. The summed E-state index contributed by atoms with van der Waals surface area (Å²) < 4.78 is 30.9. The number of esters is 1. The van der Waals surface area contributed by atoms with E-state index >= 15 is 0 Å². The zero-order valence-electron chi connectivity index (χ0n) is 16.9. The van der Waals surface area contributed by atoms with Crippen LogP contribution in [0.1, 0.15) is 53.0 Å². The molecule has 0 radical (unpaired) electrons. The van der Waals surface area contributed by atoms with Crippen LogP contribution in [0.4, 0.5) is 4.39 Å². The van der Waals surface area contributed by atoms with E-state index in [-0.39, 0.29) is 17.4 Å². The lowest BCUT2D eigenvalue weighted by Gasteiger charge is -2.23. The van der Waals surface area contributed by atoms with Gasteiger partial charge in [0.1, 0.15) is 35.6 Å². The predicted octanol–water partition coefficient (Wildman–Crippen LogP) is 4.51. The van der Waals surface area contributed by atoms with Crippen molar-refractivity contribution in [1.82, 2.24) is 0 Å². The highest BCUT2D eigenvalue weighted by molar-refractivity contribution is 6.31. The van der Waals surface area contributed by atoms with E-state index in [1.54, 1.807) is 20.8 Å². The third-order valence-electron chi connectivity index (χ3n) is 3.85.